The average molecular weight is 410 g/mol. The highest BCUT2D eigenvalue weighted by Gasteiger charge is 2.35. The lowest BCUT2D eigenvalue weighted by Gasteiger charge is -2.15. The van der Waals surface area contributed by atoms with Crippen molar-refractivity contribution in [3.8, 4) is 0 Å². The van der Waals surface area contributed by atoms with Gasteiger partial charge in [-0.25, -0.2) is 9.38 Å². The first kappa shape index (κ1) is 18.4. The second-order valence-electron chi connectivity index (χ2n) is 5.83. The van der Waals surface area contributed by atoms with Gasteiger partial charge in [0.25, 0.3) is 5.91 Å². The number of para-hydroxylation sites is 1. The Labute approximate surface area is 170 Å². The smallest absolute Gasteiger partial charge is 0.268 e. The quantitative estimate of drug-likeness (QED) is 0.522. The van der Waals surface area contributed by atoms with E-state index in [0.717, 1.165) is 0 Å². The Balaban J connectivity index is 1.81. The van der Waals surface area contributed by atoms with E-state index < -0.39 is 5.82 Å². The van der Waals surface area contributed by atoms with Crippen LogP contribution in [0.4, 0.5) is 15.8 Å². The minimum Gasteiger partial charge on any atom is -0.268 e. The number of amidine groups is 1. The topological polar surface area (TPSA) is 45.6 Å². The molecule has 0 atom stereocenters. The van der Waals surface area contributed by atoms with Crippen molar-refractivity contribution in [2.24, 2.45) is 4.99 Å². The number of carbonyl (C=O) groups excluding carboxylic acids is 1. The molecule has 1 amide bonds. The van der Waals surface area contributed by atoms with E-state index in [1.54, 1.807) is 30.5 Å². The molecule has 28 heavy (non-hydrogen) atoms. The molecule has 2 aromatic carbocycles. The van der Waals surface area contributed by atoms with Crippen LogP contribution >= 0.6 is 23.4 Å². The third kappa shape index (κ3) is 3.69. The number of pyridine rings is 1. The van der Waals surface area contributed by atoms with Crippen molar-refractivity contribution in [3.63, 3.8) is 0 Å². The molecule has 4 rings (SSSR count). The molecule has 138 valence electrons. The van der Waals surface area contributed by atoms with E-state index in [1.807, 2.05) is 30.3 Å². The first-order valence-corrected chi connectivity index (χ1v) is 9.55. The summed E-state index contributed by atoms with van der Waals surface area (Å²) in [5, 5.41) is 0.814. The molecule has 1 aliphatic heterocycles. The van der Waals surface area contributed by atoms with Crippen molar-refractivity contribution < 1.29 is 9.18 Å². The van der Waals surface area contributed by atoms with E-state index in [2.05, 4.69) is 9.98 Å². The monoisotopic (exact) mass is 409 g/mol. The molecule has 4 nitrogen and oxygen atoms in total. The van der Waals surface area contributed by atoms with Crippen molar-refractivity contribution in [1.82, 2.24) is 4.98 Å². The number of carbonyl (C=O) groups is 1. The summed E-state index contributed by atoms with van der Waals surface area (Å²) in [4.78, 5) is 23.5. The Bertz CT molecular complexity index is 1100. The minimum atomic E-state index is -0.391. The maximum absolute atomic E-state index is 14.1. The molecule has 1 aliphatic rings. The number of hydrogen-bond acceptors (Lipinski definition) is 4. The van der Waals surface area contributed by atoms with Crippen molar-refractivity contribution in [2.75, 3.05) is 4.90 Å². The third-order valence-electron chi connectivity index (χ3n) is 3.98. The second kappa shape index (κ2) is 7.96. The zero-order valence-electron chi connectivity index (χ0n) is 14.4. The van der Waals surface area contributed by atoms with Crippen LogP contribution in [0.2, 0.25) is 5.02 Å². The maximum Gasteiger partial charge on any atom is 0.271 e. The largest absolute Gasteiger partial charge is 0.271 e. The highest BCUT2D eigenvalue weighted by Crippen LogP contribution is 2.38. The SMILES string of the molecule is O=C1/C(=C/c2ccccc2F)SC(=Nc2ccncc2Cl)N1c1ccccc1. The lowest BCUT2D eigenvalue weighted by atomic mass is 10.2. The predicted molar refractivity (Wildman–Crippen MR) is 112 cm³/mol. The van der Waals surface area contributed by atoms with Crippen LogP contribution in [0.25, 0.3) is 6.08 Å². The van der Waals surface area contributed by atoms with Crippen molar-refractivity contribution in [1.29, 1.82) is 0 Å². The Morgan fingerprint density at radius 2 is 1.82 bits per heavy atom. The number of benzene rings is 2. The normalized spacial score (nSPS) is 16.9. The summed E-state index contributed by atoms with van der Waals surface area (Å²) in [7, 11) is 0. The molecule has 1 aromatic heterocycles. The Hall–Kier alpha value is -2.96. The van der Waals surface area contributed by atoms with Gasteiger partial charge in [0.05, 0.1) is 21.3 Å². The van der Waals surface area contributed by atoms with Gasteiger partial charge < -0.3 is 0 Å². The standard InChI is InChI=1S/C21H13ClFN3OS/c22-16-13-24-11-10-18(16)25-21-26(15-7-2-1-3-8-15)20(27)19(28-21)12-14-6-4-5-9-17(14)23/h1-13H/b19-12-,25-21?. The summed E-state index contributed by atoms with van der Waals surface area (Å²) in [5.74, 6) is -0.666. The summed E-state index contributed by atoms with van der Waals surface area (Å²) in [6, 6.07) is 17.1. The fourth-order valence-electron chi connectivity index (χ4n) is 2.65. The van der Waals surface area contributed by atoms with Crippen LogP contribution < -0.4 is 4.90 Å². The van der Waals surface area contributed by atoms with Crippen molar-refractivity contribution in [3.05, 3.63) is 94.4 Å². The number of aliphatic imine (C=N–C) groups is 1. The van der Waals surface area contributed by atoms with Gasteiger partial charge in [0, 0.05) is 18.0 Å². The minimum absolute atomic E-state index is 0.275. The van der Waals surface area contributed by atoms with Crippen LogP contribution in [0.1, 0.15) is 5.56 Å². The average Bonchev–Trinajstić information content (AvgIpc) is 3.01. The van der Waals surface area contributed by atoms with Gasteiger partial charge in [0.1, 0.15) is 5.82 Å². The maximum atomic E-state index is 14.1. The molecule has 7 heteroatoms. The molecule has 0 radical (unpaired) electrons. The van der Waals surface area contributed by atoms with Gasteiger partial charge in [0.15, 0.2) is 5.17 Å². The van der Waals surface area contributed by atoms with E-state index in [4.69, 9.17) is 11.6 Å². The van der Waals surface area contributed by atoms with E-state index in [1.165, 1.54) is 35.0 Å². The van der Waals surface area contributed by atoms with Crippen LogP contribution in [0, 0.1) is 5.82 Å². The van der Waals surface area contributed by atoms with Crippen LogP contribution in [0.3, 0.4) is 0 Å². The van der Waals surface area contributed by atoms with Gasteiger partial charge in [-0.15, -0.1) is 0 Å². The van der Waals surface area contributed by atoms with Crippen LogP contribution in [-0.2, 0) is 4.79 Å². The summed E-state index contributed by atoms with van der Waals surface area (Å²) in [6.45, 7) is 0. The second-order valence-corrected chi connectivity index (χ2v) is 7.25. The van der Waals surface area contributed by atoms with Gasteiger partial charge in [-0.2, -0.15) is 0 Å². The number of halogens is 2. The summed E-state index contributed by atoms with van der Waals surface area (Å²) >= 11 is 7.34. The van der Waals surface area contributed by atoms with Crippen LogP contribution in [0.5, 0.6) is 0 Å². The Morgan fingerprint density at radius 3 is 2.57 bits per heavy atom. The first-order chi connectivity index (χ1) is 13.6. The van der Waals surface area contributed by atoms with E-state index in [9.17, 15) is 9.18 Å². The van der Waals surface area contributed by atoms with Crippen LogP contribution in [0.15, 0.2) is 83.0 Å². The Morgan fingerprint density at radius 1 is 1.07 bits per heavy atom. The fourth-order valence-corrected chi connectivity index (χ4v) is 3.79. The molecule has 0 unspecified atom stereocenters. The van der Waals surface area contributed by atoms with Gasteiger partial charge >= 0.3 is 0 Å². The van der Waals surface area contributed by atoms with E-state index in [-0.39, 0.29) is 5.91 Å². The van der Waals surface area contributed by atoms with Gasteiger partial charge in [-0.1, -0.05) is 48.0 Å². The Kier molecular flexibility index (Phi) is 5.23. The lowest BCUT2D eigenvalue weighted by molar-refractivity contribution is -0.113. The van der Waals surface area contributed by atoms with Crippen molar-refractivity contribution in [2.45, 2.75) is 0 Å². The molecular weight excluding hydrogens is 397 g/mol. The molecule has 0 aliphatic carbocycles. The molecule has 1 fully saturated rings. The summed E-state index contributed by atoms with van der Waals surface area (Å²) < 4.78 is 14.1. The molecule has 0 spiro atoms. The first-order valence-electron chi connectivity index (χ1n) is 8.35. The predicted octanol–water partition coefficient (Wildman–Crippen LogP) is 5.68. The summed E-state index contributed by atoms with van der Waals surface area (Å²) in [5.41, 5.74) is 1.51. The molecule has 0 saturated carbocycles. The zero-order valence-corrected chi connectivity index (χ0v) is 16.0. The number of rotatable bonds is 3. The summed E-state index contributed by atoms with van der Waals surface area (Å²) in [6.07, 6.45) is 4.61. The molecule has 1 saturated heterocycles. The number of thioether (sulfide) groups is 1. The van der Waals surface area contributed by atoms with E-state index >= 15 is 0 Å². The highest BCUT2D eigenvalue weighted by molar-refractivity contribution is 8.19. The lowest BCUT2D eigenvalue weighted by Crippen LogP contribution is -2.28. The fraction of sp³-hybridized carbons (Fsp3) is 0. The number of anilines is 1. The van der Waals surface area contributed by atoms with Gasteiger partial charge in [-0.05, 0) is 42.1 Å². The van der Waals surface area contributed by atoms with E-state index in [0.29, 0.717) is 32.0 Å². The van der Waals surface area contributed by atoms with Gasteiger partial charge in [0.2, 0.25) is 0 Å². The van der Waals surface area contributed by atoms with Gasteiger partial charge in [-0.3, -0.25) is 14.7 Å². The molecule has 0 bridgehead atoms. The number of aromatic nitrogens is 1. The molecular formula is C21H13ClFN3OS. The molecule has 3 aromatic rings. The number of hydrogen-bond donors (Lipinski definition) is 0. The zero-order chi connectivity index (χ0) is 19.5. The highest BCUT2D eigenvalue weighted by atomic mass is 35.5. The number of nitrogens with zero attached hydrogens (tertiary/aromatic N) is 3. The van der Waals surface area contributed by atoms with Crippen LogP contribution in [-0.4, -0.2) is 16.1 Å². The number of amides is 1. The molecule has 0 N–H and O–H groups in total. The third-order valence-corrected chi connectivity index (χ3v) is 5.24. The van der Waals surface area contributed by atoms with Crippen molar-refractivity contribution >= 4 is 51.9 Å². The molecule has 2 heterocycles.